The van der Waals surface area contributed by atoms with Gasteiger partial charge >= 0.3 is 5.97 Å². The normalized spacial score (nSPS) is 16.4. The predicted octanol–water partition coefficient (Wildman–Crippen LogP) is 7.79. The van der Waals surface area contributed by atoms with Crippen molar-refractivity contribution in [2.24, 2.45) is 0 Å². The second-order valence-electron chi connectivity index (χ2n) is 10.7. The Hall–Kier alpha value is -2.44. The van der Waals surface area contributed by atoms with Gasteiger partial charge in [-0.25, -0.2) is 4.79 Å². The van der Waals surface area contributed by atoms with Crippen molar-refractivity contribution in [2.75, 3.05) is 5.75 Å². The standard InChI is InChI=1S/C29H34N2O2S2/c1-19-30-31-27(35-19)34-16-6-7-22-17-24-25(29(4,5)15-14-28(24,2)3)18-23(22)13-10-20-8-11-21(12-9-20)26(32)33/h8-13,17-18H,6-7,14-16H2,1-5H3,(H,32,33). The zero-order valence-corrected chi connectivity index (χ0v) is 22.9. The molecule has 2 aromatic carbocycles. The van der Waals surface area contributed by atoms with E-state index in [4.69, 9.17) is 0 Å². The number of rotatable bonds is 8. The van der Waals surface area contributed by atoms with E-state index in [1.54, 1.807) is 35.2 Å². The maximum atomic E-state index is 11.2. The monoisotopic (exact) mass is 506 g/mol. The van der Waals surface area contributed by atoms with Crippen LogP contribution in [-0.2, 0) is 17.3 Å². The molecule has 35 heavy (non-hydrogen) atoms. The van der Waals surface area contributed by atoms with Crippen LogP contribution in [0.15, 0.2) is 40.7 Å². The zero-order chi connectivity index (χ0) is 25.2. The van der Waals surface area contributed by atoms with Gasteiger partial charge in [-0.15, -0.1) is 10.2 Å². The SMILES string of the molecule is Cc1nnc(SCCCc2cc3c(cc2C=Cc2ccc(C(=O)O)cc2)C(C)(C)CCC3(C)C)s1. The molecule has 184 valence electrons. The average Bonchev–Trinajstić information content (AvgIpc) is 3.23. The zero-order valence-electron chi connectivity index (χ0n) is 21.2. The molecule has 0 aliphatic heterocycles. The fraction of sp³-hybridized carbons (Fsp3) is 0.414. The van der Waals surface area contributed by atoms with Crippen molar-refractivity contribution in [3.63, 3.8) is 0 Å². The molecule has 3 aromatic rings. The van der Waals surface area contributed by atoms with E-state index in [0.29, 0.717) is 5.56 Å². The molecule has 1 aromatic heterocycles. The highest BCUT2D eigenvalue weighted by atomic mass is 32.2. The van der Waals surface area contributed by atoms with E-state index >= 15 is 0 Å². The molecule has 1 N–H and O–H groups in total. The van der Waals surface area contributed by atoms with Crippen molar-refractivity contribution in [2.45, 2.75) is 75.5 Å². The van der Waals surface area contributed by atoms with Crippen LogP contribution in [0.1, 0.15) is 90.1 Å². The van der Waals surface area contributed by atoms with Crippen LogP contribution in [0.4, 0.5) is 0 Å². The third-order valence-corrected chi connectivity index (χ3v) is 9.11. The number of carboxylic acid groups (broad SMARTS) is 1. The van der Waals surface area contributed by atoms with Crippen LogP contribution in [0.2, 0.25) is 0 Å². The highest BCUT2D eigenvalue weighted by Crippen LogP contribution is 2.47. The molecule has 0 radical (unpaired) electrons. The van der Waals surface area contributed by atoms with Crippen molar-refractivity contribution in [1.82, 2.24) is 10.2 Å². The fourth-order valence-corrected chi connectivity index (χ4v) is 6.55. The highest BCUT2D eigenvalue weighted by Gasteiger charge is 2.37. The topological polar surface area (TPSA) is 63.1 Å². The number of aromatic carboxylic acids is 1. The van der Waals surface area contributed by atoms with Gasteiger partial charge < -0.3 is 5.11 Å². The number of aryl methyl sites for hydroxylation is 2. The number of aromatic nitrogens is 2. The molecule has 0 fully saturated rings. The van der Waals surface area contributed by atoms with Crippen LogP contribution in [0.25, 0.3) is 12.2 Å². The minimum Gasteiger partial charge on any atom is -0.478 e. The summed E-state index contributed by atoms with van der Waals surface area (Å²) in [6.45, 7) is 11.5. The van der Waals surface area contributed by atoms with Crippen molar-refractivity contribution >= 4 is 41.2 Å². The second kappa shape index (κ2) is 10.3. The van der Waals surface area contributed by atoms with Gasteiger partial charge in [-0.05, 0) is 83.4 Å². The lowest BCUT2D eigenvalue weighted by molar-refractivity contribution is 0.0697. The Labute approximate surface area is 216 Å². The van der Waals surface area contributed by atoms with Crippen LogP contribution in [-0.4, -0.2) is 27.0 Å². The molecule has 1 aliphatic rings. The summed E-state index contributed by atoms with van der Waals surface area (Å²) in [5, 5.41) is 18.5. The number of thioether (sulfide) groups is 1. The maximum absolute atomic E-state index is 11.2. The summed E-state index contributed by atoms with van der Waals surface area (Å²) >= 11 is 3.44. The van der Waals surface area contributed by atoms with Crippen LogP contribution in [0, 0.1) is 6.92 Å². The van der Waals surface area contributed by atoms with Gasteiger partial charge in [0.2, 0.25) is 0 Å². The van der Waals surface area contributed by atoms with Gasteiger partial charge in [0.1, 0.15) is 5.01 Å². The Morgan fingerprint density at radius 1 is 1.03 bits per heavy atom. The molecule has 0 saturated heterocycles. The summed E-state index contributed by atoms with van der Waals surface area (Å²) in [4.78, 5) is 11.2. The quantitative estimate of drug-likeness (QED) is 0.192. The molecule has 6 heteroatoms. The van der Waals surface area contributed by atoms with E-state index in [1.165, 1.54) is 35.1 Å². The Balaban J connectivity index is 1.62. The molecule has 4 rings (SSSR count). The van der Waals surface area contributed by atoms with Crippen molar-refractivity contribution in [3.05, 3.63) is 74.8 Å². The maximum Gasteiger partial charge on any atom is 0.335 e. The third-order valence-electron chi connectivity index (χ3n) is 7.05. The van der Waals surface area contributed by atoms with E-state index in [1.807, 2.05) is 19.1 Å². The summed E-state index contributed by atoms with van der Waals surface area (Å²) < 4.78 is 1.04. The van der Waals surface area contributed by atoms with Gasteiger partial charge in [-0.2, -0.15) is 0 Å². The Morgan fingerprint density at radius 2 is 1.69 bits per heavy atom. The minimum atomic E-state index is -0.899. The summed E-state index contributed by atoms with van der Waals surface area (Å²) in [7, 11) is 0. The van der Waals surface area contributed by atoms with Crippen LogP contribution < -0.4 is 0 Å². The lowest BCUT2D eigenvalue weighted by Crippen LogP contribution is -2.34. The predicted molar refractivity (Wildman–Crippen MR) is 148 cm³/mol. The van der Waals surface area contributed by atoms with Crippen molar-refractivity contribution in [1.29, 1.82) is 0 Å². The van der Waals surface area contributed by atoms with Crippen molar-refractivity contribution < 1.29 is 9.90 Å². The van der Waals surface area contributed by atoms with Crippen LogP contribution in [0.3, 0.4) is 0 Å². The molecular weight excluding hydrogens is 472 g/mol. The van der Waals surface area contributed by atoms with Gasteiger partial charge in [0.15, 0.2) is 4.34 Å². The number of hydrogen-bond acceptors (Lipinski definition) is 5. The number of fused-ring (bicyclic) bond motifs is 1. The van der Waals surface area contributed by atoms with E-state index in [0.717, 1.165) is 33.5 Å². The molecule has 4 nitrogen and oxygen atoms in total. The molecular formula is C29H34N2O2S2. The summed E-state index contributed by atoms with van der Waals surface area (Å²) in [6, 6.07) is 11.9. The van der Waals surface area contributed by atoms with E-state index in [-0.39, 0.29) is 10.8 Å². The first kappa shape index (κ1) is 25.6. The van der Waals surface area contributed by atoms with E-state index in [2.05, 4.69) is 62.2 Å². The molecule has 0 saturated carbocycles. The summed E-state index contributed by atoms with van der Waals surface area (Å²) in [6.07, 6.45) is 8.75. The molecule has 0 atom stereocenters. The Kier molecular flexibility index (Phi) is 7.53. The first-order valence-electron chi connectivity index (χ1n) is 12.2. The Morgan fingerprint density at radius 3 is 2.29 bits per heavy atom. The number of hydrogen-bond donors (Lipinski definition) is 1. The van der Waals surface area contributed by atoms with Gasteiger partial charge in [0.25, 0.3) is 0 Å². The molecule has 1 aliphatic carbocycles. The van der Waals surface area contributed by atoms with Gasteiger partial charge in [0.05, 0.1) is 5.56 Å². The largest absolute Gasteiger partial charge is 0.478 e. The summed E-state index contributed by atoms with van der Waals surface area (Å²) in [5.41, 5.74) is 7.21. The molecule has 0 spiro atoms. The van der Waals surface area contributed by atoms with E-state index in [9.17, 15) is 9.90 Å². The second-order valence-corrected chi connectivity index (χ2v) is 13.2. The number of nitrogens with zero attached hydrogens (tertiary/aromatic N) is 2. The van der Waals surface area contributed by atoms with Gasteiger partial charge in [-0.3, -0.25) is 0 Å². The first-order chi connectivity index (χ1) is 16.5. The molecule has 0 bridgehead atoms. The number of carboxylic acids is 1. The van der Waals surface area contributed by atoms with E-state index < -0.39 is 5.97 Å². The van der Waals surface area contributed by atoms with Gasteiger partial charge in [0, 0.05) is 5.75 Å². The average molecular weight is 507 g/mol. The van der Waals surface area contributed by atoms with Crippen LogP contribution in [0.5, 0.6) is 0 Å². The summed E-state index contributed by atoms with van der Waals surface area (Å²) in [5.74, 6) is 0.115. The first-order valence-corrected chi connectivity index (χ1v) is 14.0. The lowest BCUT2D eigenvalue weighted by Gasteiger charge is -2.42. The van der Waals surface area contributed by atoms with Crippen LogP contribution >= 0.6 is 23.1 Å². The molecule has 0 amide bonds. The minimum absolute atomic E-state index is 0.153. The number of carbonyl (C=O) groups is 1. The third kappa shape index (κ3) is 6.04. The smallest absolute Gasteiger partial charge is 0.335 e. The highest BCUT2D eigenvalue weighted by molar-refractivity contribution is 8.01. The molecule has 1 heterocycles. The number of benzene rings is 2. The Bertz CT molecular complexity index is 1240. The fourth-order valence-electron chi connectivity index (χ4n) is 4.73. The van der Waals surface area contributed by atoms with Crippen molar-refractivity contribution in [3.8, 4) is 0 Å². The van der Waals surface area contributed by atoms with Gasteiger partial charge in [-0.1, -0.05) is 87.2 Å². The molecule has 0 unspecified atom stereocenters. The lowest BCUT2D eigenvalue weighted by atomic mass is 9.62.